The lowest BCUT2D eigenvalue weighted by Gasteiger charge is -2.14. The molecule has 0 aliphatic carbocycles. The maximum Gasteiger partial charge on any atom is 0.265 e. The number of aliphatic hydroxyl groups excluding tert-OH is 1. The molecule has 2 N–H and O–H groups in total. The number of benzene rings is 2. The second-order valence-corrected chi connectivity index (χ2v) is 8.18. The van der Waals surface area contributed by atoms with E-state index in [1.165, 1.54) is 0 Å². The average Bonchev–Trinajstić information content (AvgIpc) is 3.26. The predicted molar refractivity (Wildman–Crippen MR) is 110 cm³/mol. The molecule has 3 amide bonds. The van der Waals surface area contributed by atoms with Crippen LogP contribution in [0.5, 0.6) is 0 Å². The lowest BCUT2D eigenvalue weighted by atomic mass is 10.1. The molecule has 0 atom stereocenters. The molecule has 0 radical (unpaired) electrons. The predicted octanol–water partition coefficient (Wildman–Crippen LogP) is 3.94. The third-order valence-corrected chi connectivity index (χ3v) is 5.79. The maximum absolute atomic E-state index is 13.0. The first kappa shape index (κ1) is 19.3. The number of amides is 3. The van der Waals surface area contributed by atoms with Crippen LogP contribution >= 0.6 is 22.9 Å². The van der Waals surface area contributed by atoms with E-state index in [4.69, 9.17) is 11.6 Å². The molecule has 1 aromatic heterocycles. The highest BCUT2D eigenvalue weighted by Gasteiger charge is 2.37. The van der Waals surface area contributed by atoms with Crippen LogP contribution in [0.3, 0.4) is 0 Å². The standard InChI is InChI=1S/C21H15ClN2O4S/c22-17-8-7-16(29-17)19(26)23-15-6-2-5-14-18(15)21(28)24(20(14)27)10-12-3-1-4-13(9-12)11-25/h1-9,25H,10-11H2,(H,23,26). The minimum absolute atomic E-state index is 0.0775. The Morgan fingerprint density at radius 2 is 1.79 bits per heavy atom. The molecular formula is C21H15ClN2O4S. The van der Waals surface area contributed by atoms with Crippen molar-refractivity contribution in [3.8, 4) is 0 Å². The third kappa shape index (κ3) is 3.67. The summed E-state index contributed by atoms with van der Waals surface area (Å²) >= 11 is 7.00. The van der Waals surface area contributed by atoms with Gasteiger partial charge in [0.2, 0.25) is 0 Å². The molecule has 0 fully saturated rings. The Labute approximate surface area is 175 Å². The van der Waals surface area contributed by atoms with E-state index in [2.05, 4.69) is 5.32 Å². The second kappa shape index (κ2) is 7.79. The summed E-state index contributed by atoms with van der Waals surface area (Å²) in [5, 5.41) is 12.0. The summed E-state index contributed by atoms with van der Waals surface area (Å²) in [6.07, 6.45) is 0. The number of anilines is 1. The topological polar surface area (TPSA) is 86.7 Å². The van der Waals surface area contributed by atoms with Gasteiger partial charge in [0.25, 0.3) is 17.7 Å². The van der Waals surface area contributed by atoms with E-state index in [1.807, 2.05) is 0 Å². The van der Waals surface area contributed by atoms with Gasteiger partial charge in [0.15, 0.2) is 0 Å². The van der Waals surface area contributed by atoms with E-state index < -0.39 is 17.7 Å². The molecule has 1 aliphatic heterocycles. The maximum atomic E-state index is 13.0. The molecule has 0 saturated heterocycles. The van der Waals surface area contributed by atoms with Gasteiger partial charge in [-0.25, -0.2) is 0 Å². The molecule has 1 aliphatic rings. The average molecular weight is 427 g/mol. The van der Waals surface area contributed by atoms with Crippen molar-refractivity contribution in [2.75, 3.05) is 5.32 Å². The highest BCUT2D eigenvalue weighted by Crippen LogP contribution is 2.31. The van der Waals surface area contributed by atoms with Crippen molar-refractivity contribution in [1.29, 1.82) is 0 Å². The van der Waals surface area contributed by atoms with E-state index in [0.717, 1.165) is 21.8 Å². The number of carbonyl (C=O) groups is 3. The van der Waals surface area contributed by atoms with Crippen LogP contribution in [0.15, 0.2) is 54.6 Å². The highest BCUT2D eigenvalue weighted by atomic mass is 35.5. The number of thiophene rings is 1. The molecule has 4 rings (SSSR count). The van der Waals surface area contributed by atoms with Gasteiger partial charge in [-0.2, -0.15) is 0 Å². The van der Waals surface area contributed by atoms with Gasteiger partial charge in [0, 0.05) is 0 Å². The number of aliphatic hydroxyl groups is 1. The number of nitrogens with zero attached hydrogens (tertiary/aromatic N) is 1. The Kier molecular flexibility index (Phi) is 5.19. The van der Waals surface area contributed by atoms with Gasteiger partial charge in [0.1, 0.15) is 0 Å². The fraction of sp³-hybridized carbons (Fsp3) is 0.0952. The van der Waals surface area contributed by atoms with Gasteiger partial charge in [-0.15, -0.1) is 11.3 Å². The fourth-order valence-electron chi connectivity index (χ4n) is 3.21. The summed E-state index contributed by atoms with van der Waals surface area (Å²) < 4.78 is 0.482. The third-order valence-electron chi connectivity index (χ3n) is 4.56. The molecule has 6 nitrogen and oxygen atoms in total. The van der Waals surface area contributed by atoms with Crippen LogP contribution in [0, 0.1) is 0 Å². The number of nitrogens with one attached hydrogen (secondary N) is 1. The zero-order valence-electron chi connectivity index (χ0n) is 15.0. The SMILES string of the molecule is O=C(Nc1cccc2c1C(=O)N(Cc1cccc(CO)c1)C2=O)c1ccc(Cl)s1. The molecule has 0 bridgehead atoms. The summed E-state index contributed by atoms with van der Waals surface area (Å²) in [4.78, 5) is 39.8. The number of hydrogen-bond donors (Lipinski definition) is 2. The second-order valence-electron chi connectivity index (χ2n) is 6.46. The van der Waals surface area contributed by atoms with Gasteiger partial charge in [-0.1, -0.05) is 41.9 Å². The van der Waals surface area contributed by atoms with Crippen molar-refractivity contribution in [3.05, 3.63) is 86.1 Å². The molecule has 0 spiro atoms. The molecule has 3 aromatic rings. The summed E-state index contributed by atoms with van der Waals surface area (Å²) in [5.41, 5.74) is 2.12. The van der Waals surface area contributed by atoms with Crippen molar-refractivity contribution in [2.45, 2.75) is 13.2 Å². The monoisotopic (exact) mass is 426 g/mol. The molecule has 29 heavy (non-hydrogen) atoms. The molecular weight excluding hydrogens is 412 g/mol. The van der Waals surface area contributed by atoms with Crippen LogP contribution in [-0.4, -0.2) is 27.7 Å². The molecule has 146 valence electrons. The number of halogens is 1. The smallest absolute Gasteiger partial charge is 0.265 e. The Hall–Kier alpha value is -3.00. The number of imide groups is 1. The van der Waals surface area contributed by atoms with Crippen LogP contribution in [0.25, 0.3) is 0 Å². The summed E-state index contributed by atoms with van der Waals surface area (Å²) in [6.45, 7) is -0.0486. The molecule has 2 heterocycles. The van der Waals surface area contributed by atoms with Gasteiger partial charge < -0.3 is 10.4 Å². The normalized spacial score (nSPS) is 13.0. The first-order chi connectivity index (χ1) is 14.0. The number of hydrogen-bond acceptors (Lipinski definition) is 5. The van der Waals surface area contributed by atoms with Gasteiger partial charge in [-0.05, 0) is 35.4 Å². The van der Waals surface area contributed by atoms with Crippen molar-refractivity contribution in [3.63, 3.8) is 0 Å². The Morgan fingerprint density at radius 1 is 1.03 bits per heavy atom. The van der Waals surface area contributed by atoms with Gasteiger partial charge in [-0.3, -0.25) is 19.3 Å². The van der Waals surface area contributed by atoms with Crippen LogP contribution in [0.2, 0.25) is 4.34 Å². The van der Waals surface area contributed by atoms with Crippen molar-refractivity contribution >= 4 is 46.3 Å². The van der Waals surface area contributed by atoms with Gasteiger partial charge >= 0.3 is 0 Å². The molecule has 0 saturated carbocycles. The largest absolute Gasteiger partial charge is 0.392 e. The number of rotatable bonds is 5. The molecule has 0 unspecified atom stereocenters. The summed E-state index contributed by atoms with van der Waals surface area (Å²) in [7, 11) is 0. The van der Waals surface area contributed by atoms with Crippen LogP contribution in [0.4, 0.5) is 5.69 Å². The first-order valence-corrected chi connectivity index (χ1v) is 9.92. The van der Waals surface area contributed by atoms with Crippen LogP contribution < -0.4 is 5.32 Å². The van der Waals surface area contributed by atoms with E-state index in [9.17, 15) is 19.5 Å². The summed E-state index contributed by atoms with van der Waals surface area (Å²) in [6, 6.07) is 15.0. The lowest BCUT2D eigenvalue weighted by molar-refractivity contribution is 0.0642. The Morgan fingerprint density at radius 3 is 2.52 bits per heavy atom. The molecule has 8 heteroatoms. The quantitative estimate of drug-likeness (QED) is 0.605. The lowest BCUT2D eigenvalue weighted by Crippen LogP contribution is -2.29. The summed E-state index contributed by atoms with van der Waals surface area (Å²) in [5.74, 6) is -1.29. The minimum Gasteiger partial charge on any atom is -0.392 e. The van der Waals surface area contributed by atoms with Crippen molar-refractivity contribution in [1.82, 2.24) is 4.90 Å². The van der Waals surface area contributed by atoms with Gasteiger partial charge in [0.05, 0.1) is 39.2 Å². The molecule has 2 aromatic carbocycles. The zero-order chi connectivity index (χ0) is 20.5. The van der Waals surface area contributed by atoms with Crippen LogP contribution in [0.1, 0.15) is 41.5 Å². The fourth-order valence-corrected chi connectivity index (χ4v) is 4.15. The number of fused-ring (bicyclic) bond motifs is 1. The van der Waals surface area contributed by atoms with E-state index in [1.54, 1.807) is 54.6 Å². The Balaban J connectivity index is 1.62. The Bertz CT molecular complexity index is 1140. The van der Waals surface area contributed by atoms with Crippen LogP contribution in [-0.2, 0) is 13.2 Å². The first-order valence-electron chi connectivity index (χ1n) is 8.72. The van der Waals surface area contributed by atoms with E-state index in [0.29, 0.717) is 14.8 Å². The minimum atomic E-state index is -0.473. The zero-order valence-corrected chi connectivity index (χ0v) is 16.6. The highest BCUT2D eigenvalue weighted by molar-refractivity contribution is 7.18. The van der Waals surface area contributed by atoms with E-state index in [-0.39, 0.29) is 30.0 Å². The van der Waals surface area contributed by atoms with E-state index >= 15 is 0 Å². The number of carbonyl (C=O) groups excluding carboxylic acids is 3. The van der Waals surface area contributed by atoms with Crippen molar-refractivity contribution in [2.24, 2.45) is 0 Å². The van der Waals surface area contributed by atoms with Crippen molar-refractivity contribution < 1.29 is 19.5 Å².